The molecule has 6 nitrogen and oxygen atoms in total. The van der Waals surface area contributed by atoms with Gasteiger partial charge in [-0.1, -0.05) is 34.1 Å². The quantitative estimate of drug-likeness (QED) is 0.443. The van der Waals surface area contributed by atoms with Crippen molar-refractivity contribution < 1.29 is 9.90 Å². The first kappa shape index (κ1) is 20.0. The lowest BCUT2D eigenvalue weighted by Crippen LogP contribution is -2.49. The number of nitrogens with zero attached hydrogens (tertiary/aromatic N) is 3. The monoisotopic (exact) mass is 478 g/mol. The van der Waals surface area contributed by atoms with Gasteiger partial charge >= 0.3 is 5.97 Å². The summed E-state index contributed by atoms with van der Waals surface area (Å²) in [4.78, 5) is 24.6. The number of aliphatic carboxylic acids is 1. The van der Waals surface area contributed by atoms with Gasteiger partial charge in [-0.3, -0.25) is 9.69 Å². The Balaban J connectivity index is 1.39. The van der Waals surface area contributed by atoms with Crippen molar-refractivity contribution in [2.24, 2.45) is 0 Å². The maximum Gasteiger partial charge on any atom is 0.325 e. The zero-order valence-electron chi connectivity index (χ0n) is 17.2. The number of carboxylic acid groups (broad SMARTS) is 1. The smallest absolute Gasteiger partial charge is 0.325 e. The molecule has 2 N–H and O–H groups in total. The Morgan fingerprint density at radius 2 is 1.87 bits per heavy atom. The van der Waals surface area contributed by atoms with Gasteiger partial charge in [0.1, 0.15) is 11.9 Å². The number of hydrogen-bond donors (Lipinski definition) is 2. The fourth-order valence-electron chi connectivity index (χ4n) is 4.53. The van der Waals surface area contributed by atoms with Crippen LogP contribution in [0.25, 0.3) is 21.8 Å². The third-order valence-electron chi connectivity index (χ3n) is 6.12. The first-order valence-electron chi connectivity index (χ1n) is 10.4. The number of halogens is 1. The van der Waals surface area contributed by atoms with Crippen LogP contribution in [0.4, 0.5) is 5.82 Å². The molecule has 0 amide bonds. The average Bonchev–Trinajstić information content (AvgIpc) is 3.17. The average molecular weight is 479 g/mol. The maximum atomic E-state index is 12.3. The number of aromatic nitrogens is 2. The molecule has 1 saturated heterocycles. The van der Waals surface area contributed by atoms with E-state index in [9.17, 15) is 9.90 Å². The summed E-state index contributed by atoms with van der Waals surface area (Å²) < 4.78 is 0.938. The lowest BCUT2D eigenvalue weighted by Gasteiger charge is -2.38. The molecule has 0 aliphatic carbocycles. The van der Waals surface area contributed by atoms with Crippen LogP contribution in [0, 0.1) is 6.92 Å². The molecule has 0 saturated carbocycles. The molecular formula is C24H23BrN4O2. The number of H-pyrrole nitrogens is 1. The normalized spacial score (nSPS) is 16.1. The summed E-state index contributed by atoms with van der Waals surface area (Å²) >= 11 is 3.50. The van der Waals surface area contributed by atoms with Crippen molar-refractivity contribution in [2.75, 3.05) is 31.1 Å². The highest BCUT2D eigenvalue weighted by atomic mass is 79.9. The van der Waals surface area contributed by atoms with Crippen LogP contribution in [-0.2, 0) is 4.79 Å². The first-order valence-corrected chi connectivity index (χ1v) is 11.2. The molecule has 158 valence electrons. The third-order valence-corrected chi connectivity index (χ3v) is 6.61. The SMILES string of the molecule is Cc1cc(N2CCN(C(C(=O)O)c3c[nH]c4ccc(Br)cc34)CC2)nc2ccccc12. The van der Waals surface area contributed by atoms with Crippen molar-refractivity contribution in [1.82, 2.24) is 14.9 Å². The summed E-state index contributed by atoms with van der Waals surface area (Å²) in [7, 11) is 0. The summed E-state index contributed by atoms with van der Waals surface area (Å²) in [6.45, 7) is 4.90. The summed E-state index contributed by atoms with van der Waals surface area (Å²) in [5.41, 5.74) is 3.94. The summed E-state index contributed by atoms with van der Waals surface area (Å²) in [5, 5.41) is 12.2. The zero-order valence-corrected chi connectivity index (χ0v) is 18.8. The molecule has 4 aromatic rings. The Labute approximate surface area is 188 Å². The molecule has 1 unspecified atom stereocenters. The summed E-state index contributed by atoms with van der Waals surface area (Å²) in [5.74, 6) is 0.132. The van der Waals surface area contributed by atoms with Crippen LogP contribution in [0.3, 0.4) is 0 Å². The Hall–Kier alpha value is -2.90. The molecule has 3 heterocycles. The van der Waals surface area contributed by atoms with Crippen molar-refractivity contribution in [3.8, 4) is 0 Å². The summed E-state index contributed by atoms with van der Waals surface area (Å²) in [6, 6.07) is 15.5. The van der Waals surface area contributed by atoms with E-state index in [0.717, 1.165) is 45.4 Å². The van der Waals surface area contributed by atoms with Gasteiger partial charge in [-0.05, 0) is 42.8 Å². The lowest BCUT2D eigenvalue weighted by molar-refractivity contribution is -0.143. The van der Waals surface area contributed by atoms with E-state index in [2.05, 4.69) is 49.8 Å². The van der Waals surface area contributed by atoms with Gasteiger partial charge in [0, 0.05) is 58.7 Å². The van der Waals surface area contributed by atoms with Gasteiger partial charge in [-0.25, -0.2) is 4.98 Å². The van der Waals surface area contributed by atoms with Gasteiger partial charge in [0.05, 0.1) is 5.52 Å². The summed E-state index contributed by atoms with van der Waals surface area (Å²) in [6.07, 6.45) is 1.83. The van der Waals surface area contributed by atoms with Crippen molar-refractivity contribution in [1.29, 1.82) is 0 Å². The molecule has 1 fully saturated rings. The zero-order chi connectivity index (χ0) is 21.5. The number of hydrogen-bond acceptors (Lipinski definition) is 4. The Kier molecular flexibility index (Phi) is 5.16. The predicted octanol–water partition coefficient (Wildman–Crippen LogP) is 4.73. The van der Waals surface area contributed by atoms with E-state index in [1.807, 2.05) is 42.6 Å². The van der Waals surface area contributed by atoms with E-state index in [1.54, 1.807) is 0 Å². The van der Waals surface area contributed by atoms with Crippen molar-refractivity contribution >= 4 is 49.5 Å². The molecule has 1 aliphatic rings. The number of aromatic amines is 1. The topological polar surface area (TPSA) is 72.5 Å². The van der Waals surface area contributed by atoms with Gasteiger partial charge < -0.3 is 15.0 Å². The van der Waals surface area contributed by atoms with E-state index in [4.69, 9.17) is 4.98 Å². The number of pyridine rings is 1. The van der Waals surface area contributed by atoms with E-state index in [0.29, 0.717) is 13.1 Å². The molecule has 2 aromatic carbocycles. The molecule has 5 rings (SSSR count). The largest absolute Gasteiger partial charge is 0.480 e. The number of carbonyl (C=O) groups is 1. The molecule has 7 heteroatoms. The van der Waals surface area contributed by atoms with E-state index in [-0.39, 0.29) is 0 Å². The van der Waals surface area contributed by atoms with Crippen LogP contribution < -0.4 is 4.90 Å². The minimum absolute atomic E-state index is 0.658. The highest BCUT2D eigenvalue weighted by Crippen LogP contribution is 2.32. The van der Waals surface area contributed by atoms with E-state index >= 15 is 0 Å². The Bertz CT molecular complexity index is 1280. The molecule has 0 radical (unpaired) electrons. The number of anilines is 1. The number of carboxylic acids is 1. The molecule has 1 atom stereocenters. The second-order valence-electron chi connectivity index (χ2n) is 8.01. The van der Waals surface area contributed by atoms with Crippen LogP contribution in [0.1, 0.15) is 17.2 Å². The fourth-order valence-corrected chi connectivity index (χ4v) is 4.89. The standard InChI is InChI=1S/C24H23BrN4O2/c1-15-12-22(27-21-5-3-2-4-17(15)21)28-8-10-29(11-9-28)23(24(30)31)19-14-26-20-7-6-16(25)13-18(19)20/h2-7,12-14,23,26H,8-11H2,1H3,(H,30,31). The van der Waals surface area contributed by atoms with Gasteiger partial charge in [0.15, 0.2) is 0 Å². The molecule has 31 heavy (non-hydrogen) atoms. The molecule has 0 spiro atoms. The van der Waals surface area contributed by atoms with Gasteiger partial charge in [0.2, 0.25) is 0 Å². The first-order chi connectivity index (χ1) is 15.0. The minimum atomic E-state index is -0.825. The second kappa shape index (κ2) is 7.98. The number of rotatable bonds is 4. The van der Waals surface area contributed by atoms with Gasteiger partial charge in [-0.15, -0.1) is 0 Å². The molecule has 2 aromatic heterocycles. The maximum absolute atomic E-state index is 12.3. The lowest BCUT2D eigenvalue weighted by atomic mass is 10.0. The van der Waals surface area contributed by atoms with E-state index in [1.165, 1.54) is 10.9 Å². The highest BCUT2D eigenvalue weighted by molar-refractivity contribution is 9.10. The highest BCUT2D eigenvalue weighted by Gasteiger charge is 2.32. The number of fused-ring (bicyclic) bond motifs is 2. The molecular weight excluding hydrogens is 456 g/mol. The molecule has 1 aliphatic heterocycles. The van der Waals surface area contributed by atoms with Crippen LogP contribution in [-0.4, -0.2) is 52.1 Å². The number of benzene rings is 2. The van der Waals surface area contributed by atoms with Gasteiger partial charge in [-0.2, -0.15) is 0 Å². The second-order valence-corrected chi connectivity index (χ2v) is 8.93. The minimum Gasteiger partial charge on any atom is -0.480 e. The van der Waals surface area contributed by atoms with Crippen LogP contribution >= 0.6 is 15.9 Å². The van der Waals surface area contributed by atoms with E-state index < -0.39 is 12.0 Å². The van der Waals surface area contributed by atoms with Crippen LogP contribution in [0.2, 0.25) is 0 Å². The van der Waals surface area contributed by atoms with Crippen molar-refractivity contribution in [3.63, 3.8) is 0 Å². The van der Waals surface area contributed by atoms with Crippen molar-refractivity contribution in [2.45, 2.75) is 13.0 Å². The third kappa shape index (κ3) is 3.68. The number of nitrogens with one attached hydrogen (secondary N) is 1. The Morgan fingerprint density at radius 1 is 1.10 bits per heavy atom. The van der Waals surface area contributed by atoms with Gasteiger partial charge in [0.25, 0.3) is 0 Å². The molecule has 0 bridgehead atoms. The van der Waals surface area contributed by atoms with Crippen molar-refractivity contribution in [3.05, 3.63) is 70.3 Å². The Morgan fingerprint density at radius 3 is 2.65 bits per heavy atom. The van der Waals surface area contributed by atoms with Crippen LogP contribution in [0.5, 0.6) is 0 Å². The number of aryl methyl sites for hydroxylation is 1. The number of para-hydroxylation sites is 1. The van der Waals surface area contributed by atoms with Crippen LogP contribution in [0.15, 0.2) is 59.2 Å². The predicted molar refractivity (Wildman–Crippen MR) is 127 cm³/mol. The number of piperazine rings is 1. The fraction of sp³-hybridized carbons (Fsp3) is 0.250.